The normalized spacial score (nSPS) is 19.6. The molecule has 1 heterocycles. The van der Waals surface area contributed by atoms with Crippen LogP contribution in [0.3, 0.4) is 0 Å². The Bertz CT molecular complexity index is 450. The van der Waals surface area contributed by atoms with Crippen molar-refractivity contribution in [3.63, 3.8) is 0 Å². The molecule has 1 aromatic rings. The van der Waals surface area contributed by atoms with Crippen LogP contribution < -0.4 is 10.6 Å². The van der Waals surface area contributed by atoms with E-state index in [0.717, 1.165) is 31.9 Å². The Morgan fingerprint density at radius 1 is 1.45 bits per heavy atom. The molecule has 1 amide bonds. The number of hydrogen-bond acceptors (Lipinski definition) is 4. The fourth-order valence-corrected chi connectivity index (χ4v) is 2.39. The second-order valence-corrected chi connectivity index (χ2v) is 4.89. The van der Waals surface area contributed by atoms with Crippen LogP contribution in [0.5, 0.6) is 0 Å². The van der Waals surface area contributed by atoms with Crippen molar-refractivity contribution < 1.29 is 9.53 Å². The number of carbonyl (C=O) groups excluding carboxylic acids is 1. The Hall–Kier alpha value is -1.59. The van der Waals surface area contributed by atoms with E-state index in [2.05, 4.69) is 22.5 Å². The lowest BCUT2D eigenvalue weighted by atomic mass is 10.1. The number of carbonyl (C=O) groups is 1. The largest absolute Gasteiger partial charge is 0.387 e. The molecule has 2 N–H and O–H groups in total. The van der Waals surface area contributed by atoms with Gasteiger partial charge in [-0.05, 0) is 18.7 Å². The minimum absolute atomic E-state index is 0.0628. The average Bonchev–Trinajstić information content (AvgIpc) is 2.52. The number of likely N-dealkylation sites (N-methyl/N-ethyl adjacent to an activating group) is 1. The van der Waals surface area contributed by atoms with Crippen molar-refractivity contribution in [2.75, 3.05) is 45.2 Å². The number of para-hydroxylation sites is 1. The first-order valence-electron chi connectivity index (χ1n) is 7.13. The number of nitrogens with zero attached hydrogens (tertiary/aromatic N) is 1. The Morgan fingerprint density at radius 3 is 3.00 bits per heavy atom. The number of anilines is 1. The van der Waals surface area contributed by atoms with Gasteiger partial charge in [-0.2, -0.15) is 0 Å². The summed E-state index contributed by atoms with van der Waals surface area (Å²) in [4.78, 5) is 14.5. The van der Waals surface area contributed by atoms with Gasteiger partial charge >= 0.3 is 0 Å². The first-order chi connectivity index (χ1) is 9.74. The van der Waals surface area contributed by atoms with Gasteiger partial charge in [-0.25, -0.2) is 0 Å². The minimum Gasteiger partial charge on any atom is -0.387 e. The molecule has 1 saturated heterocycles. The molecule has 5 heteroatoms. The number of nitrogens with one attached hydrogen (secondary N) is 2. The summed E-state index contributed by atoms with van der Waals surface area (Å²) in [5.74, 6) is -0.0628. The number of morpholine rings is 1. The molecule has 0 bridgehead atoms. The van der Waals surface area contributed by atoms with Crippen LogP contribution in [0.15, 0.2) is 24.3 Å². The van der Waals surface area contributed by atoms with Crippen molar-refractivity contribution in [2.24, 2.45) is 0 Å². The Balaban J connectivity index is 1.88. The highest BCUT2D eigenvalue weighted by molar-refractivity contribution is 5.99. The van der Waals surface area contributed by atoms with E-state index in [1.165, 1.54) is 0 Å². The van der Waals surface area contributed by atoms with Crippen molar-refractivity contribution in [3.05, 3.63) is 29.8 Å². The standard InChI is InChI=1S/C15H23N3O2/c1-3-18-8-9-20-12(11-18)10-17-15(19)13-6-4-5-7-14(13)16-2/h4-7,12,16H,3,8-11H2,1-2H3,(H,17,19). The minimum atomic E-state index is -0.0628. The van der Waals surface area contributed by atoms with Crippen LogP contribution in [0, 0.1) is 0 Å². The third-order valence-electron chi connectivity index (χ3n) is 3.60. The second-order valence-electron chi connectivity index (χ2n) is 4.89. The molecule has 0 aliphatic carbocycles. The van der Waals surface area contributed by atoms with Gasteiger partial charge in [0.05, 0.1) is 18.3 Å². The average molecular weight is 277 g/mol. The van der Waals surface area contributed by atoms with Gasteiger partial charge in [0, 0.05) is 32.4 Å². The summed E-state index contributed by atoms with van der Waals surface area (Å²) in [6, 6.07) is 7.49. The molecule has 0 aromatic heterocycles. The molecule has 0 spiro atoms. The highest BCUT2D eigenvalue weighted by atomic mass is 16.5. The first-order valence-corrected chi connectivity index (χ1v) is 7.13. The van der Waals surface area contributed by atoms with E-state index in [4.69, 9.17) is 4.74 Å². The van der Waals surface area contributed by atoms with Gasteiger partial charge in [0.15, 0.2) is 0 Å². The quantitative estimate of drug-likeness (QED) is 0.848. The van der Waals surface area contributed by atoms with Crippen molar-refractivity contribution in [3.8, 4) is 0 Å². The smallest absolute Gasteiger partial charge is 0.253 e. The fraction of sp³-hybridized carbons (Fsp3) is 0.533. The van der Waals surface area contributed by atoms with Crippen LogP contribution in [0.25, 0.3) is 0 Å². The zero-order valence-electron chi connectivity index (χ0n) is 12.2. The van der Waals surface area contributed by atoms with Gasteiger partial charge in [-0.1, -0.05) is 19.1 Å². The number of hydrogen-bond donors (Lipinski definition) is 2. The Labute approximate surface area is 120 Å². The van der Waals surface area contributed by atoms with E-state index in [1.807, 2.05) is 31.3 Å². The SMILES string of the molecule is CCN1CCOC(CNC(=O)c2ccccc2NC)C1. The van der Waals surface area contributed by atoms with Crippen molar-refractivity contribution in [2.45, 2.75) is 13.0 Å². The lowest BCUT2D eigenvalue weighted by molar-refractivity contribution is -0.0246. The topological polar surface area (TPSA) is 53.6 Å². The molecule has 1 aromatic carbocycles. The summed E-state index contributed by atoms with van der Waals surface area (Å²) >= 11 is 0. The lowest BCUT2D eigenvalue weighted by Gasteiger charge is -2.32. The molecule has 5 nitrogen and oxygen atoms in total. The molecular formula is C15H23N3O2. The molecular weight excluding hydrogens is 254 g/mol. The molecule has 1 atom stereocenters. The molecule has 2 rings (SSSR count). The molecule has 110 valence electrons. The van der Waals surface area contributed by atoms with Crippen LogP contribution in [-0.2, 0) is 4.74 Å². The summed E-state index contributed by atoms with van der Waals surface area (Å²) in [7, 11) is 1.81. The predicted octanol–water partition coefficient (Wildman–Crippen LogP) is 1.18. The van der Waals surface area contributed by atoms with Crippen LogP contribution in [-0.4, -0.2) is 56.7 Å². The van der Waals surface area contributed by atoms with E-state index >= 15 is 0 Å². The van der Waals surface area contributed by atoms with Gasteiger partial charge in [0.1, 0.15) is 0 Å². The predicted molar refractivity (Wildman–Crippen MR) is 80.2 cm³/mol. The van der Waals surface area contributed by atoms with Crippen LogP contribution in [0.2, 0.25) is 0 Å². The highest BCUT2D eigenvalue weighted by Crippen LogP contribution is 2.14. The van der Waals surface area contributed by atoms with E-state index in [-0.39, 0.29) is 12.0 Å². The molecule has 1 aliphatic rings. The first kappa shape index (κ1) is 14.8. The van der Waals surface area contributed by atoms with E-state index < -0.39 is 0 Å². The number of ether oxygens (including phenoxy) is 1. The lowest BCUT2D eigenvalue weighted by Crippen LogP contribution is -2.47. The van der Waals surface area contributed by atoms with Gasteiger partial charge in [-0.15, -0.1) is 0 Å². The monoisotopic (exact) mass is 277 g/mol. The van der Waals surface area contributed by atoms with Crippen molar-refractivity contribution >= 4 is 11.6 Å². The van der Waals surface area contributed by atoms with E-state index in [9.17, 15) is 4.79 Å². The number of benzene rings is 1. The summed E-state index contributed by atoms with van der Waals surface area (Å²) in [6.07, 6.45) is 0.0781. The van der Waals surface area contributed by atoms with Crippen LogP contribution in [0.4, 0.5) is 5.69 Å². The van der Waals surface area contributed by atoms with Crippen LogP contribution >= 0.6 is 0 Å². The number of amides is 1. The summed E-state index contributed by atoms with van der Waals surface area (Å²) in [5, 5.41) is 5.99. The summed E-state index contributed by atoms with van der Waals surface area (Å²) in [6.45, 7) is 6.31. The third-order valence-corrected chi connectivity index (χ3v) is 3.60. The van der Waals surface area contributed by atoms with Gasteiger partial charge in [0.2, 0.25) is 0 Å². The van der Waals surface area contributed by atoms with E-state index in [0.29, 0.717) is 12.1 Å². The summed E-state index contributed by atoms with van der Waals surface area (Å²) in [5.41, 5.74) is 1.50. The van der Waals surface area contributed by atoms with Gasteiger partial charge in [-0.3, -0.25) is 9.69 Å². The Morgan fingerprint density at radius 2 is 2.25 bits per heavy atom. The fourth-order valence-electron chi connectivity index (χ4n) is 2.39. The number of rotatable bonds is 5. The Kier molecular flexibility index (Phi) is 5.38. The maximum atomic E-state index is 12.2. The van der Waals surface area contributed by atoms with E-state index in [1.54, 1.807) is 0 Å². The zero-order valence-corrected chi connectivity index (χ0v) is 12.2. The van der Waals surface area contributed by atoms with Crippen LogP contribution in [0.1, 0.15) is 17.3 Å². The highest BCUT2D eigenvalue weighted by Gasteiger charge is 2.20. The molecule has 0 radical (unpaired) electrons. The zero-order chi connectivity index (χ0) is 14.4. The maximum absolute atomic E-state index is 12.2. The summed E-state index contributed by atoms with van der Waals surface area (Å²) < 4.78 is 5.68. The third kappa shape index (κ3) is 3.71. The molecule has 1 aliphatic heterocycles. The van der Waals surface area contributed by atoms with Gasteiger partial charge in [0.25, 0.3) is 5.91 Å². The molecule has 1 unspecified atom stereocenters. The van der Waals surface area contributed by atoms with Crippen molar-refractivity contribution in [1.82, 2.24) is 10.2 Å². The molecule has 1 fully saturated rings. The maximum Gasteiger partial charge on any atom is 0.253 e. The molecule has 20 heavy (non-hydrogen) atoms. The van der Waals surface area contributed by atoms with Crippen molar-refractivity contribution in [1.29, 1.82) is 0 Å². The second kappa shape index (κ2) is 7.26. The van der Waals surface area contributed by atoms with Gasteiger partial charge < -0.3 is 15.4 Å². The molecule has 0 saturated carbocycles.